The lowest BCUT2D eigenvalue weighted by Gasteiger charge is -2.34. The van der Waals surface area contributed by atoms with Gasteiger partial charge in [0.25, 0.3) is 0 Å². The molecule has 4 rings (SSSR count). The molecular formula is C26H30FN5O4. The molecule has 10 heteroatoms. The quantitative estimate of drug-likeness (QED) is 0.530. The molecule has 0 bridgehead atoms. The molecule has 0 saturated heterocycles. The molecule has 1 aromatic carbocycles. The van der Waals surface area contributed by atoms with Crippen LogP contribution in [0.15, 0.2) is 35.4 Å². The monoisotopic (exact) mass is 495 g/mol. The fourth-order valence-electron chi connectivity index (χ4n) is 4.08. The van der Waals surface area contributed by atoms with E-state index in [1.165, 1.54) is 36.7 Å². The minimum absolute atomic E-state index is 0.0823. The van der Waals surface area contributed by atoms with E-state index in [1.54, 1.807) is 42.6 Å². The standard InChI is InChI=1S/C26H30FN5O4/c1-16-21-20(10-13-30(16)24(34)36-25(2,3)4)29-32(22(21)31-14-12-28-23(31)33)18-7-8-19(27)17(15-18)9-11-26(5,6)35/h7-8,12,14-16,35H,10,13H2,1-6H3,(H,28,33)/t16-/m0/s1. The van der Waals surface area contributed by atoms with Crippen LogP contribution in [0.2, 0.25) is 0 Å². The Hall–Kier alpha value is -3.84. The topological polar surface area (TPSA) is 105 Å². The lowest BCUT2D eigenvalue weighted by atomic mass is 10.00. The summed E-state index contributed by atoms with van der Waals surface area (Å²) in [5.41, 5.74) is -0.358. The maximum absolute atomic E-state index is 14.5. The van der Waals surface area contributed by atoms with Crippen LogP contribution in [0, 0.1) is 17.7 Å². The van der Waals surface area contributed by atoms with Crippen molar-refractivity contribution in [3.8, 4) is 23.3 Å². The van der Waals surface area contributed by atoms with E-state index >= 15 is 0 Å². The van der Waals surface area contributed by atoms with Crippen LogP contribution in [0.3, 0.4) is 0 Å². The number of fused-ring (bicyclic) bond motifs is 1. The summed E-state index contributed by atoms with van der Waals surface area (Å²) in [6.07, 6.45) is 3.08. The van der Waals surface area contributed by atoms with Crippen LogP contribution >= 0.6 is 0 Å². The Kier molecular flexibility index (Phi) is 6.31. The third-order valence-corrected chi connectivity index (χ3v) is 5.65. The average molecular weight is 496 g/mol. The van der Waals surface area contributed by atoms with Crippen LogP contribution in [0.1, 0.15) is 64.4 Å². The van der Waals surface area contributed by atoms with E-state index < -0.39 is 29.2 Å². The molecule has 1 aliphatic heterocycles. The van der Waals surface area contributed by atoms with Crippen molar-refractivity contribution in [3.63, 3.8) is 0 Å². The summed E-state index contributed by atoms with van der Waals surface area (Å²) in [7, 11) is 0. The number of hydrogen-bond acceptors (Lipinski definition) is 5. The third-order valence-electron chi connectivity index (χ3n) is 5.65. The first-order valence-corrected chi connectivity index (χ1v) is 11.7. The predicted molar refractivity (Wildman–Crippen MR) is 132 cm³/mol. The van der Waals surface area contributed by atoms with Crippen molar-refractivity contribution in [3.05, 3.63) is 63.7 Å². The van der Waals surface area contributed by atoms with Crippen LogP contribution in [-0.2, 0) is 11.2 Å². The molecule has 0 fully saturated rings. The zero-order chi connectivity index (χ0) is 26.4. The van der Waals surface area contributed by atoms with Gasteiger partial charge in [0.2, 0.25) is 0 Å². The van der Waals surface area contributed by atoms with Gasteiger partial charge in [-0.3, -0.25) is 4.57 Å². The van der Waals surface area contributed by atoms with Gasteiger partial charge >= 0.3 is 11.8 Å². The highest BCUT2D eigenvalue weighted by molar-refractivity contribution is 5.70. The van der Waals surface area contributed by atoms with Crippen molar-refractivity contribution in [1.82, 2.24) is 24.2 Å². The fraction of sp³-hybridized carbons (Fsp3) is 0.423. The van der Waals surface area contributed by atoms with Crippen LogP contribution in [0.25, 0.3) is 11.5 Å². The molecule has 9 nitrogen and oxygen atoms in total. The van der Waals surface area contributed by atoms with E-state index in [1.807, 2.05) is 6.92 Å². The number of nitrogens with zero attached hydrogens (tertiary/aromatic N) is 4. The summed E-state index contributed by atoms with van der Waals surface area (Å²) in [5.74, 6) is 5.19. The SMILES string of the molecule is C[C@H]1c2c(nn(-c3ccc(F)c(C#CC(C)(C)O)c3)c2-n2cc[nH]c2=O)CCN1C(=O)OC(C)(C)C. The Balaban J connectivity index is 1.87. The molecule has 1 aliphatic rings. The fourth-order valence-corrected chi connectivity index (χ4v) is 4.08. The van der Waals surface area contributed by atoms with Crippen LogP contribution in [0.4, 0.5) is 9.18 Å². The van der Waals surface area contributed by atoms with Crippen molar-refractivity contribution < 1.29 is 19.0 Å². The Morgan fingerprint density at radius 2 is 2.00 bits per heavy atom. The number of hydrogen-bond donors (Lipinski definition) is 2. The van der Waals surface area contributed by atoms with Gasteiger partial charge in [-0.25, -0.2) is 18.7 Å². The second kappa shape index (κ2) is 8.99. The number of halogens is 1. The number of benzene rings is 1. The molecule has 2 aromatic heterocycles. The summed E-state index contributed by atoms with van der Waals surface area (Å²) >= 11 is 0. The van der Waals surface area contributed by atoms with Crippen molar-refractivity contribution in [2.45, 2.75) is 65.2 Å². The second-order valence-corrected chi connectivity index (χ2v) is 10.3. The minimum Gasteiger partial charge on any atom is -0.444 e. The molecule has 36 heavy (non-hydrogen) atoms. The summed E-state index contributed by atoms with van der Waals surface area (Å²) in [5, 5.41) is 14.7. The zero-order valence-corrected chi connectivity index (χ0v) is 21.2. The largest absolute Gasteiger partial charge is 0.444 e. The molecule has 0 saturated carbocycles. The smallest absolute Gasteiger partial charge is 0.410 e. The normalized spacial score (nSPS) is 15.8. The van der Waals surface area contributed by atoms with Gasteiger partial charge in [0.15, 0.2) is 0 Å². The van der Waals surface area contributed by atoms with Crippen LogP contribution in [-0.4, -0.2) is 53.2 Å². The third kappa shape index (κ3) is 5.06. The van der Waals surface area contributed by atoms with Gasteiger partial charge in [-0.15, -0.1) is 0 Å². The molecular weight excluding hydrogens is 465 g/mol. The maximum Gasteiger partial charge on any atom is 0.410 e. The van der Waals surface area contributed by atoms with Gasteiger partial charge < -0.3 is 19.7 Å². The van der Waals surface area contributed by atoms with E-state index in [0.29, 0.717) is 30.0 Å². The highest BCUT2D eigenvalue weighted by atomic mass is 19.1. The highest BCUT2D eigenvalue weighted by Crippen LogP contribution is 2.36. The first-order valence-electron chi connectivity index (χ1n) is 11.7. The second-order valence-electron chi connectivity index (χ2n) is 10.3. The summed E-state index contributed by atoms with van der Waals surface area (Å²) in [6.45, 7) is 10.7. The van der Waals surface area contributed by atoms with E-state index in [0.717, 1.165) is 5.69 Å². The molecule has 2 N–H and O–H groups in total. The predicted octanol–water partition coefficient (Wildman–Crippen LogP) is 3.47. The van der Waals surface area contributed by atoms with Gasteiger partial charge in [0.1, 0.15) is 22.8 Å². The Morgan fingerprint density at radius 1 is 1.28 bits per heavy atom. The number of carbonyl (C=O) groups is 1. The van der Waals surface area contributed by atoms with Gasteiger partial charge in [-0.2, -0.15) is 5.10 Å². The lowest BCUT2D eigenvalue weighted by Crippen LogP contribution is -2.42. The number of aromatic nitrogens is 4. The van der Waals surface area contributed by atoms with Crippen LogP contribution in [0.5, 0.6) is 0 Å². The molecule has 3 heterocycles. The number of rotatable bonds is 2. The Bertz CT molecular complexity index is 1430. The van der Waals surface area contributed by atoms with Crippen molar-refractivity contribution in [1.29, 1.82) is 0 Å². The number of carbonyl (C=O) groups excluding carboxylic acids is 1. The molecule has 3 aromatic rings. The first kappa shape index (κ1) is 25.3. The number of ether oxygens (including phenoxy) is 1. The van der Waals surface area contributed by atoms with E-state index in [9.17, 15) is 19.1 Å². The van der Waals surface area contributed by atoms with Gasteiger partial charge in [-0.1, -0.05) is 11.8 Å². The molecule has 1 atom stereocenters. The van der Waals surface area contributed by atoms with Gasteiger partial charge in [-0.05, 0) is 59.7 Å². The zero-order valence-electron chi connectivity index (χ0n) is 21.2. The van der Waals surface area contributed by atoms with E-state index in [2.05, 4.69) is 16.8 Å². The van der Waals surface area contributed by atoms with E-state index in [-0.39, 0.29) is 11.3 Å². The molecule has 0 unspecified atom stereocenters. The molecule has 0 aliphatic carbocycles. The number of imidazole rings is 1. The Labute approximate surface area is 208 Å². The van der Waals surface area contributed by atoms with Crippen molar-refractivity contribution in [2.75, 3.05) is 6.54 Å². The maximum atomic E-state index is 14.5. The summed E-state index contributed by atoms with van der Waals surface area (Å²) in [4.78, 5) is 29.9. The molecule has 1 amide bonds. The van der Waals surface area contributed by atoms with Gasteiger partial charge in [0, 0.05) is 30.9 Å². The number of H-pyrrole nitrogens is 1. The minimum atomic E-state index is -1.29. The molecule has 0 spiro atoms. The highest BCUT2D eigenvalue weighted by Gasteiger charge is 2.36. The Morgan fingerprint density at radius 3 is 2.61 bits per heavy atom. The average Bonchev–Trinajstić information content (AvgIpc) is 3.35. The number of aliphatic hydroxyl groups is 1. The first-order chi connectivity index (χ1) is 16.7. The van der Waals surface area contributed by atoms with Crippen LogP contribution < -0.4 is 5.69 Å². The van der Waals surface area contributed by atoms with Crippen molar-refractivity contribution >= 4 is 6.09 Å². The summed E-state index contributed by atoms with van der Waals surface area (Å²) in [6, 6.07) is 3.89. The number of nitrogens with one attached hydrogen (secondary N) is 1. The van der Waals surface area contributed by atoms with Crippen molar-refractivity contribution in [2.24, 2.45) is 0 Å². The van der Waals surface area contributed by atoms with Gasteiger partial charge in [0.05, 0.1) is 23.0 Å². The molecule has 0 radical (unpaired) electrons. The number of aromatic amines is 1. The van der Waals surface area contributed by atoms with E-state index in [4.69, 9.17) is 9.84 Å². The molecule has 190 valence electrons. The lowest BCUT2D eigenvalue weighted by molar-refractivity contribution is 0.0159. The summed E-state index contributed by atoms with van der Waals surface area (Å²) < 4.78 is 23.1. The number of amides is 1.